The number of amides is 2. The van der Waals surface area contributed by atoms with Crippen LogP contribution in [0.3, 0.4) is 0 Å². The highest BCUT2D eigenvalue weighted by Gasteiger charge is 2.44. The summed E-state index contributed by atoms with van der Waals surface area (Å²) in [5, 5.41) is 10.3. The highest BCUT2D eigenvalue weighted by Crippen LogP contribution is 2.46. The van der Waals surface area contributed by atoms with Gasteiger partial charge in [0, 0.05) is 10.8 Å². The monoisotopic (exact) mass is 561 g/mol. The zero-order valence-corrected chi connectivity index (χ0v) is 22.2. The fraction of sp³-hybridized carbons (Fsp3) is 0.0882. The van der Waals surface area contributed by atoms with Gasteiger partial charge in [-0.25, -0.2) is 9.29 Å². The molecule has 1 aliphatic rings. The summed E-state index contributed by atoms with van der Waals surface area (Å²) in [5.41, 5.74) is 1.68. The number of imide groups is 1. The molecule has 6 rings (SSSR count). The van der Waals surface area contributed by atoms with Gasteiger partial charge in [0.15, 0.2) is 0 Å². The van der Waals surface area contributed by atoms with E-state index in [2.05, 4.69) is 0 Å². The normalized spacial score (nSPS) is 12.5. The van der Waals surface area contributed by atoms with Gasteiger partial charge < -0.3 is 14.6 Å². The topological polar surface area (TPSA) is 93.1 Å². The average molecular weight is 562 g/mol. The SMILES string of the molecule is O=C(O)Cc1ccc(N2C(=O)c3c(c(OCc4ccccc4)c4ccccc4c3OCc3ccccc3)C2=O)cc1F. The van der Waals surface area contributed by atoms with Gasteiger partial charge in [0.25, 0.3) is 11.8 Å². The molecule has 1 N–H and O–H groups in total. The van der Waals surface area contributed by atoms with Crippen LogP contribution >= 0.6 is 0 Å². The van der Waals surface area contributed by atoms with Gasteiger partial charge in [0.05, 0.1) is 23.2 Å². The second-order valence-corrected chi connectivity index (χ2v) is 9.79. The van der Waals surface area contributed by atoms with Gasteiger partial charge in [0.2, 0.25) is 0 Å². The summed E-state index contributed by atoms with van der Waals surface area (Å²) >= 11 is 0. The predicted molar refractivity (Wildman–Crippen MR) is 154 cm³/mol. The number of ether oxygens (including phenoxy) is 2. The highest BCUT2D eigenvalue weighted by molar-refractivity contribution is 6.38. The summed E-state index contributed by atoms with van der Waals surface area (Å²) in [6, 6.07) is 29.7. The number of carboxylic acid groups (broad SMARTS) is 1. The first-order valence-corrected chi connectivity index (χ1v) is 13.2. The molecular formula is C34H24FNO6. The minimum Gasteiger partial charge on any atom is -0.487 e. The molecule has 0 fully saturated rings. The van der Waals surface area contributed by atoms with Gasteiger partial charge in [-0.05, 0) is 28.8 Å². The Morgan fingerprint density at radius 1 is 0.690 bits per heavy atom. The van der Waals surface area contributed by atoms with Gasteiger partial charge in [-0.15, -0.1) is 0 Å². The van der Waals surface area contributed by atoms with E-state index in [4.69, 9.17) is 14.6 Å². The van der Waals surface area contributed by atoms with E-state index in [1.165, 1.54) is 12.1 Å². The van der Waals surface area contributed by atoms with Crippen molar-refractivity contribution in [2.24, 2.45) is 0 Å². The molecule has 0 aromatic heterocycles. The quantitative estimate of drug-likeness (QED) is 0.205. The molecule has 5 aromatic carbocycles. The van der Waals surface area contributed by atoms with E-state index >= 15 is 0 Å². The van der Waals surface area contributed by atoms with Crippen LogP contribution in [0.2, 0.25) is 0 Å². The molecule has 5 aromatic rings. The lowest BCUT2D eigenvalue weighted by Gasteiger charge is -2.17. The summed E-state index contributed by atoms with van der Waals surface area (Å²) in [5.74, 6) is -2.98. The number of anilines is 1. The van der Waals surface area contributed by atoms with Crippen LogP contribution in [-0.2, 0) is 24.4 Å². The predicted octanol–water partition coefficient (Wildman–Crippen LogP) is 6.56. The van der Waals surface area contributed by atoms with Crippen LogP contribution in [0.5, 0.6) is 11.5 Å². The zero-order chi connectivity index (χ0) is 29.2. The van der Waals surface area contributed by atoms with Crippen molar-refractivity contribution in [1.29, 1.82) is 0 Å². The summed E-state index contributed by atoms with van der Waals surface area (Å²) in [4.78, 5) is 40.1. The second-order valence-electron chi connectivity index (χ2n) is 9.79. The summed E-state index contributed by atoms with van der Waals surface area (Å²) in [7, 11) is 0. The van der Waals surface area contributed by atoms with Crippen LogP contribution in [0, 0.1) is 5.82 Å². The minimum atomic E-state index is -1.20. The first kappa shape index (κ1) is 26.7. The molecule has 0 bridgehead atoms. The number of aliphatic carboxylic acids is 1. The number of hydrogen-bond acceptors (Lipinski definition) is 5. The van der Waals surface area contributed by atoms with Crippen molar-refractivity contribution >= 4 is 34.2 Å². The van der Waals surface area contributed by atoms with Gasteiger partial charge in [-0.1, -0.05) is 91.0 Å². The van der Waals surface area contributed by atoms with Crippen molar-refractivity contribution in [3.05, 3.63) is 137 Å². The van der Waals surface area contributed by atoms with Crippen molar-refractivity contribution in [1.82, 2.24) is 0 Å². The molecule has 1 heterocycles. The second kappa shape index (κ2) is 11.2. The molecule has 1 aliphatic heterocycles. The zero-order valence-electron chi connectivity index (χ0n) is 22.2. The summed E-state index contributed by atoms with van der Waals surface area (Å²) < 4.78 is 27.4. The van der Waals surface area contributed by atoms with E-state index in [-0.39, 0.29) is 47.1 Å². The van der Waals surface area contributed by atoms with Crippen LogP contribution in [0.15, 0.2) is 103 Å². The van der Waals surface area contributed by atoms with Crippen molar-refractivity contribution in [2.45, 2.75) is 19.6 Å². The number of carboxylic acids is 1. The molecule has 7 nitrogen and oxygen atoms in total. The Morgan fingerprint density at radius 3 is 1.62 bits per heavy atom. The molecule has 2 amide bonds. The molecule has 0 saturated heterocycles. The number of fused-ring (bicyclic) bond motifs is 2. The molecule has 0 unspecified atom stereocenters. The number of nitrogens with zero attached hydrogens (tertiary/aromatic N) is 1. The fourth-order valence-corrected chi connectivity index (χ4v) is 5.07. The molecule has 0 radical (unpaired) electrons. The van der Waals surface area contributed by atoms with Crippen LogP contribution in [-0.4, -0.2) is 22.9 Å². The highest BCUT2D eigenvalue weighted by atomic mass is 19.1. The molecule has 42 heavy (non-hydrogen) atoms. The maximum atomic E-state index is 14.9. The fourth-order valence-electron chi connectivity index (χ4n) is 5.07. The lowest BCUT2D eigenvalue weighted by molar-refractivity contribution is -0.136. The van der Waals surface area contributed by atoms with Crippen LogP contribution < -0.4 is 14.4 Å². The van der Waals surface area contributed by atoms with Crippen molar-refractivity contribution in [3.8, 4) is 11.5 Å². The van der Waals surface area contributed by atoms with E-state index in [1.807, 2.05) is 60.7 Å². The van der Waals surface area contributed by atoms with Crippen molar-refractivity contribution < 1.29 is 33.4 Å². The first-order chi connectivity index (χ1) is 20.4. The lowest BCUT2D eigenvalue weighted by Crippen LogP contribution is -2.29. The number of carbonyl (C=O) groups excluding carboxylic acids is 2. The van der Waals surface area contributed by atoms with Crippen molar-refractivity contribution in [3.63, 3.8) is 0 Å². The summed E-state index contributed by atoms with van der Waals surface area (Å²) in [6.07, 6.45) is -0.533. The number of rotatable bonds is 9. The van der Waals surface area contributed by atoms with Gasteiger partial charge >= 0.3 is 5.97 Å². The standard InChI is InChI=1S/C34H24FNO6/c35-27-18-24(16-15-23(27)17-28(37)38)36-33(39)29-30(34(36)40)32(42-20-22-11-5-2-6-12-22)26-14-8-7-13-25(26)31(29)41-19-21-9-3-1-4-10-21/h1-16,18H,17,19-20H2,(H,37,38). The van der Waals surface area contributed by atoms with Gasteiger partial charge in [-0.2, -0.15) is 0 Å². The Bertz CT molecular complexity index is 1740. The maximum absolute atomic E-state index is 14.9. The molecule has 0 atom stereocenters. The molecule has 0 spiro atoms. The van der Waals surface area contributed by atoms with Crippen LogP contribution in [0.1, 0.15) is 37.4 Å². The Kier molecular flexibility index (Phi) is 7.10. The minimum absolute atomic E-state index is 0.0210. The Morgan fingerprint density at radius 2 is 1.17 bits per heavy atom. The molecular weight excluding hydrogens is 537 g/mol. The van der Waals surface area contributed by atoms with E-state index in [0.717, 1.165) is 22.1 Å². The number of hydrogen-bond donors (Lipinski definition) is 1. The third-order valence-corrected chi connectivity index (χ3v) is 7.04. The van der Waals surface area contributed by atoms with Crippen LogP contribution in [0.4, 0.5) is 10.1 Å². The maximum Gasteiger partial charge on any atom is 0.307 e. The van der Waals surface area contributed by atoms with Crippen LogP contribution in [0.25, 0.3) is 10.8 Å². The van der Waals surface area contributed by atoms with Gasteiger partial charge in [0.1, 0.15) is 30.5 Å². The van der Waals surface area contributed by atoms with E-state index in [1.54, 1.807) is 24.3 Å². The smallest absolute Gasteiger partial charge is 0.307 e. The Labute approximate surface area is 240 Å². The molecule has 0 aliphatic carbocycles. The molecule has 8 heteroatoms. The number of halogens is 1. The third kappa shape index (κ3) is 4.94. The van der Waals surface area contributed by atoms with E-state index < -0.39 is 30.0 Å². The lowest BCUT2D eigenvalue weighted by atomic mass is 9.98. The largest absolute Gasteiger partial charge is 0.487 e. The Hall–Kier alpha value is -5.50. The number of benzene rings is 5. The third-order valence-electron chi connectivity index (χ3n) is 7.04. The number of carbonyl (C=O) groups is 3. The Balaban J connectivity index is 1.49. The first-order valence-electron chi connectivity index (χ1n) is 13.2. The molecule has 208 valence electrons. The van der Waals surface area contributed by atoms with Crippen molar-refractivity contribution in [2.75, 3.05) is 4.90 Å². The summed E-state index contributed by atoms with van der Waals surface area (Å²) in [6.45, 7) is 0.281. The molecule has 0 saturated carbocycles. The van der Waals surface area contributed by atoms with E-state index in [9.17, 15) is 18.8 Å². The van der Waals surface area contributed by atoms with E-state index in [0.29, 0.717) is 10.8 Å². The average Bonchev–Trinajstić information content (AvgIpc) is 3.26. The van der Waals surface area contributed by atoms with Gasteiger partial charge in [-0.3, -0.25) is 14.4 Å².